The Labute approximate surface area is 146 Å². The van der Waals surface area contributed by atoms with E-state index < -0.39 is 48.0 Å². The van der Waals surface area contributed by atoms with Gasteiger partial charge in [-0.25, -0.2) is 8.78 Å². The molecule has 0 spiro atoms. The van der Waals surface area contributed by atoms with Crippen LogP contribution in [0.2, 0.25) is 0 Å². The average Bonchev–Trinajstić information content (AvgIpc) is 2.91. The van der Waals surface area contributed by atoms with E-state index in [0.29, 0.717) is 0 Å². The third kappa shape index (κ3) is 4.94. The quantitative estimate of drug-likeness (QED) is 0.637. The molecule has 1 aliphatic heterocycles. The SMILES string of the molecule is C#CC[C@@H](CC(F)(F)F)NC(=O)[C@@H]1CC(=O)N(c2ccc(F)c(F)c2)C1. The molecule has 2 rings (SSSR count). The van der Waals surface area contributed by atoms with Crippen molar-refractivity contribution >= 4 is 17.5 Å². The molecule has 0 bridgehead atoms. The summed E-state index contributed by atoms with van der Waals surface area (Å²) in [5.74, 6) is -2.33. The molecule has 1 N–H and O–H groups in total. The highest BCUT2D eigenvalue weighted by atomic mass is 19.4. The summed E-state index contributed by atoms with van der Waals surface area (Å²) in [5.41, 5.74) is 0.0691. The van der Waals surface area contributed by atoms with Gasteiger partial charge in [-0.05, 0) is 12.1 Å². The number of halogens is 5. The number of hydrogen-bond acceptors (Lipinski definition) is 2. The predicted octanol–water partition coefficient (Wildman–Crippen LogP) is 2.78. The maximum atomic E-state index is 13.3. The molecule has 2 amide bonds. The molecule has 0 saturated carbocycles. The summed E-state index contributed by atoms with van der Waals surface area (Å²) >= 11 is 0. The first-order valence-electron chi connectivity index (χ1n) is 7.66. The van der Waals surface area contributed by atoms with Crippen molar-refractivity contribution in [3.05, 3.63) is 29.8 Å². The molecule has 1 aromatic rings. The van der Waals surface area contributed by atoms with Gasteiger partial charge in [0.2, 0.25) is 11.8 Å². The van der Waals surface area contributed by atoms with Crippen LogP contribution in [0, 0.1) is 29.9 Å². The average molecular weight is 374 g/mol. The number of terminal acetylenes is 1. The van der Waals surface area contributed by atoms with Gasteiger partial charge in [0.1, 0.15) is 0 Å². The normalized spacial score (nSPS) is 18.5. The van der Waals surface area contributed by atoms with Crippen LogP contribution in [0.15, 0.2) is 18.2 Å². The van der Waals surface area contributed by atoms with Crippen LogP contribution in [-0.2, 0) is 9.59 Å². The minimum absolute atomic E-state index is 0.0691. The van der Waals surface area contributed by atoms with Gasteiger partial charge in [0, 0.05) is 37.2 Å². The second-order valence-corrected chi connectivity index (χ2v) is 5.94. The Morgan fingerprint density at radius 3 is 2.62 bits per heavy atom. The second-order valence-electron chi connectivity index (χ2n) is 5.94. The highest BCUT2D eigenvalue weighted by molar-refractivity contribution is 6.00. The third-order valence-electron chi connectivity index (χ3n) is 3.90. The Hall–Kier alpha value is -2.63. The van der Waals surface area contributed by atoms with E-state index in [-0.39, 0.29) is 25.1 Å². The number of carbonyl (C=O) groups excluding carboxylic acids is 2. The summed E-state index contributed by atoms with van der Waals surface area (Å²) in [5, 5.41) is 2.22. The lowest BCUT2D eigenvalue weighted by Crippen LogP contribution is -2.42. The van der Waals surface area contributed by atoms with Crippen molar-refractivity contribution in [3.63, 3.8) is 0 Å². The van der Waals surface area contributed by atoms with Gasteiger partial charge in [-0.2, -0.15) is 13.2 Å². The van der Waals surface area contributed by atoms with Crippen molar-refractivity contribution in [1.82, 2.24) is 5.32 Å². The zero-order chi connectivity index (χ0) is 19.5. The minimum atomic E-state index is -4.50. The van der Waals surface area contributed by atoms with E-state index in [1.807, 2.05) is 0 Å². The first-order valence-corrected chi connectivity index (χ1v) is 7.66. The Kier molecular flexibility index (Phi) is 5.85. The van der Waals surface area contributed by atoms with E-state index in [1.54, 1.807) is 0 Å². The number of amides is 2. The van der Waals surface area contributed by atoms with Gasteiger partial charge in [-0.1, -0.05) is 0 Å². The van der Waals surface area contributed by atoms with Crippen molar-refractivity contribution in [2.75, 3.05) is 11.4 Å². The van der Waals surface area contributed by atoms with E-state index in [9.17, 15) is 31.5 Å². The van der Waals surface area contributed by atoms with E-state index in [0.717, 1.165) is 17.0 Å². The van der Waals surface area contributed by atoms with Crippen LogP contribution in [-0.4, -0.2) is 30.6 Å². The number of benzene rings is 1. The van der Waals surface area contributed by atoms with Gasteiger partial charge >= 0.3 is 6.18 Å². The number of anilines is 1. The number of nitrogens with zero attached hydrogens (tertiary/aromatic N) is 1. The molecule has 1 heterocycles. The Morgan fingerprint density at radius 1 is 1.35 bits per heavy atom. The van der Waals surface area contributed by atoms with E-state index >= 15 is 0 Å². The van der Waals surface area contributed by atoms with Crippen LogP contribution in [0.4, 0.5) is 27.6 Å². The molecular formula is C17H15F5N2O2. The number of alkyl halides is 3. The molecule has 1 saturated heterocycles. The lowest BCUT2D eigenvalue weighted by atomic mass is 10.1. The monoisotopic (exact) mass is 374 g/mol. The fourth-order valence-electron chi connectivity index (χ4n) is 2.70. The summed E-state index contributed by atoms with van der Waals surface area (Å²) in [6.07, 6.45) is -1.31. The molecule has 0 unspecified atom stereocenters. The first-order chi connectivity index (χ1) is 12.1. The third-order valence-corrected chi connectivity index (χ3v) is 3.90. The molecule has 0 aromatic heterocycles. The molecule has 2 atom stereocenters. The summed E-state index contributed by atoms with van der Waals surface area (Å²) in [6.45, 7) is -0.148. The van der Waals surface area contributed by atoms with Crippen molar-refractivity contribution in [2.45, 2.75) is 31.5 Å². The van der Waals surface area contributed by atoms with Crippen LogP contribution < -0.4 is 10.2 Å². The smallest absolute Gasteiger partial charge is 0.352 e. The Bertz CT molecular complexity index is 742. The topological polar surface area (TPSA) is 49.4 Å². The molecular weight excluding hydrogens is 359 g/mol. The van der Waals surface area contributed by atoms with Gasteiger partial charge in [0.15, 0.2) is 11.6 Å². The van der Waals surface area contributed by atoms with Gasteiger partial charge in [-0.3, -0.25) is 9.59 Å². The molecule has 26 heavy (non-hydrogen) atoms. The fourth-order valence-corrected chi connectivity index (χ4v) is 2.70. The minimum Gasteiger partial charge on any atom is -0.352 e. The molecule has 4 nitrogen and oxygen atoms in total. The van der Waals surface area contributed by atoms with Crippen LogP contribution in [0.25, 0.3) is 0 Å². The lowest BCUT2D eigenvalue weighted by Gasteiger charge is -2.21. The van der Waals surface area contributed by atoms with Gasteiger partial charge < -0.3 is 10.2 Å². The molecule has 1 aliphatic rings. The maximum Gasteiger partial charge on any atom is 0.391 e. The highest BCUT2D eigenvalue weighted by Crippen LogP contribution is 2.27. The van der Waals surface area contributed by atoms with Gasteiger partial charge in [0.25, 0.3) is 0 Å². The standard InChI is InChI=1S/C17H15F5N2O2/c1-2-3-11(8-17(20,21)22)23-16(26)10-6-15(25)24(9-10)12-4-5-13(18)14(19)7-12/h1,4-5,7,10-11H,3,6,8-9H2,(H,23,26)/t10-,11+/m1/s1. The molecule has 9 heteroatoms. The Morgan fingerprint density at radius 2 is 2.04 bits per heavy atom. The largest absolute Gasteiger partial charge is 0.391 e. The highest BCUT2D eigenvalue weighted by Gasteiger charge is 2.38. The summed E-state index contributed by atoms with van der Waals surface area (Å²) in [7, 11) is 0. The maximum absolute atomic E-state index is 13.3. The summed E-state index contributed by atoms with van der Waals surface area (Å²) < 4.78 is 63.9. The molecule has 1 aromatic carbocycles. The zero-order valence-corrected chi connectivity index (χ0v) is 13.4. The van der Waals surface area contributed by atoms with E-state index in [2.05, 4.69) is 11.2 Å². The van der Waals surface area contributed by atoms with Crippen LogP contribution >= 0.6 is 0 Å². The number of carbonyl (C=O) groups is 2. The van der Waals surface area contributed by atoms with E-state index in [4.69, 9.17) is 6.42 Å². The summed E-state index contributed by atoms with van der Waals surface area (Å²) in [6, 6.07) is 1.55. The van der Waals surface area contributed by atoms with Crippen LogP contribution in [0.5, 0.6) is 0 Å². The number of nitrogens with one attached hydrogen (secondary N) is 1. The lowest BCUT2D eigenvalue weighted by molar-refractivity contribution is -0.143. The molecule has 0 aliphatic carbocycles. The fraction of sp³-hybridized carbons (Fsp3) is 0.412. The van der Waals surface area contributed by atoms with E-state index in [1.165, 1.54) is 6.07 Å². The van der Waals surface area contributed by atoms with Crippen molar-refractivity contribution in [2.24, 2.45) is 5.92 Å². The van der Waals surface area contributed by atoms with Crippen molar-refractivity contribution < 1.29 is 31.5 Å². The van der Waals surface area contributed by atoms with Gasteiger partial charge in [-0.15, -0.1) is 12.3 Å². The molecule has 1 fully saturated rings. The van der Waals surface area contributed by atoms with Crippen LogP contribution in [0.3, 0.4) is 0 Å². The Balaban J connectivity index is 2.05. The molecule has 0 radical (unpaired) electrons. The second kappa shape index (κ2) is 7.72. The molecule has 140 valence electrons. The number of rotatable bonds is 5. The predicted molar refractivity (Wildman–Crippen MR) is 82.9 cm³/mol. The summed E-state index contributed by atoms with van der Waals surface area (Å²) in [4.78, 5) is 25.3. The zero-order valence-electron chi connectivity index (χ0n) is 13.4. The van der Waals surface area contributed by atoms with Crippen molar-refractivity contribution in [3.8, 4) is 12.3 Å². The van der Waals surface area contributed by atoms with Crippen LogP contribution in [0.1, 0.15) is 19.3 Å². The van der Waals surface area contributed by atoms with Gasteiger partial charge in [0.05, 0.1) is 12.3 Å². The first kappa shape index (κ1) is 19.7. The number of hydrogen-bond donors (Lipinski definition) is 1. The van der Waals surface area contributed by atoms with Crippen molar-refractivity contribution in [1.29, 1.82) is 0 Å².